The Labute approximate surface area is 168 Å². The Kier molecular flexibility index (Phi) is 8.52. The molecule has 0 aliphatic carbocycles. The first-order chi connectivity index (χ1) is 12.1. The summed E-state index contributed by atoms with van der Waals surface area (Å²) in [6, 6.07) is 17.9. The molecule has 0 aromatic carbocycles. The van der Waals surface area contributed by atoms with Crippen LogP contribution in [0.15, 0.2) is 60.8 Å². The number of aromatic nitrogens is 3. The van der Waals surface area contributed by atoms with Crippen molar-refractivity contribution >= 4 is 40.1 Å². The second kappa shape index (κ2) is 10.6. The summed E-state index contributed by atoms with van der Waals surface area (Å²) in [6.45, 7) is 4.62. The molecule has 4 nitrogen and oxygen atoms in total. The van der Waals surface area contributed by atoms with Gasteiger partial charge in [0, 0.05) is 17.6 Å². The van der Waals surface area contributed by atoms with Crippen molar-refractivity contribution in [1.82, 2.24) is 15.0 Å². The van der Waals surface area contributed by atoms with Crippen LogP contribution in [0.5, 0.6) is 0 Å². The molecule has 0 aliphatic heterocycles. The number of halogens is 2. The molecular weight excluding hydrogens is 491 g/mol. The van der Waals surface area contributed by atoms with Crippen molar-refractivity contribution in [2.24, 2.45) is 0 Å². The fourth-order valence-corrected chi connectivity index (χ4v) is 2.32. The Balaban J connectivity index is 0.000000701. The van der Waals surface area contributed by atoms with Gasteiger partial charge in [0.05, 0.1) is 12.2 Å². The SMILES string of the molecule is Cc1cccc(CN(c2ccccn2)c2cccc(C)n2)n1.[Br][Ni][Br]. The molecule has 0 saturated carbocycles. The van der Waals surface area contributed by atoms with E-state index >= 15 is 0 Å². The van der Waals surface area contributed by atoms with Gasteiger partial charge in [0.2, 0.25) is 0 Å². The molecule has 0 bridgehead atoms. The predicted octanol–water partition coefficient (Wildman–Crippen LogP) is 5.52. The summed E-state index contributed by atoms with van der Waals surface area (Å²) in [7, 11) is 1.25. The third kappa shape index (κ3) is 6.50. The summed E-state index contributed by atoms with van der Waals surface area (Å²) in [5, 5.41) is 0. The van der Waals surface area contributed by atoms with Crippen LogP contribution in [0.25, 0.3) is 0 Å². The molecule has 0 unspecified atom stereocenters. The average Bonchev–Trinajstić information content (AvgIpc) is 2.61. The van der Waals surface area contributed by atoms with Crippen LogP contribution in [0.3, 0.4) is 0 Å². The zero-order chi connectivity index (χ0) is 18.1. The van der Waals surface area contributed by atoms with Gasteiger partial charge >= 0.3 is 39.3 Å². The Morgan fingerprint density at radius 1 is 0.840 bits per heavy atom. The molecule has 0 fully saturated rings. The summed E-state index contributed by atoms with van der Waals surface area (Å²) in [5.74, 6) is 1.74. The normalized spacial score (nSPS) is 10.1. The van der Waals surface area contributed by atoms with Crippen molar-refractivity contribution < 1.29 is 10.9 Å². The Morgan fingerprint density at radius 3 is 2.08 bits per heavy atom. The fraction of sp³-hybridized carbons (Fsp3) is 0.167. The first kappa shape index (κ1) is 20.0. The number of hydrogen-bond acceptors (Lipinski definition) is 4. The summed E-state index contributed by atoms with van der Waals surface area (Å²) in [6.07, 6.45) is 1.79. The second-order valence-corrected chi connectivity index (χ2v) is 10.2. The molecule has 25 heavy (non-hydrogen) atoms. The molecule has 3 rings (SSSR count). The monoisotopic (exact) mass is 506 g/mol. The molecule has 0 aliphatic rings. The minimum atomic E-state index is 0.634. The van der Waals surface area contributed by atoms with Crippen molar-refractivity contribution in [1.29, 1.82) is 0 Å². The summed E-state index contributed by atoms with van der Waals surface area (Å²) >= 11 is 6.00. The Morgan fingerprint density at radius 2 is 1.48 bits per heavy atom. The zero-order valence-corrected chi connectivity index (χ0v) is 18.0. The standard InChI is InChI=1S/C18H18N4.2BrH.Ni/c1-14-7-5-9-16(20-14)13-22(17-10-3-4-12-19-17)18-11-6-8-15(2)21-18;;;/h3-12H,13H2,1-2H3;2*1H;/q;;;+2/p-2. The number of nitrogens with zero attached hydrogens (tertiary/aromatic N) is 4. The van der Waals surface area contributed by atoms with E-state index in [9.17, 15) is 0 Å². The Bertz CT molecular complexity index is 787. The van der Waals surface area contributed by atoms with Gasteiger partial charge < -0.3 is 4.90 Å². The topological polar surface area (TPSA) is 41.9 Å². The molecule has 3 aromatic heterocycles. The quantitative estimate of drug-likeness (QED) is 0.436. The van der Waals surface area contributed by atoms with Crippen LogP contribution in [0.2, 0.25) is 0 Å². The van der Waals surface area contributed by atoms with Gasteiger partial charge in [-0.2, -0.15) is 0 Å². The van der Waals surface area contributed by atoms with Crippen LogP contribution < -0.4 is 4.90 Å². The number of aryl methyl sites for hydroxylation is 2. The van der Waals surface area contributed by atoms with E-state index in [2.05, 4.69) is 48.3 Å². The van der Waals surface area contributed by atoms with Gasteiger partial charge in [0.25, 0.3) is 0 Å². The molecule has 0 amide bonds. The van der Waals surface area contributed by atoms with Gasteiger partial charge in [0.1, 0.15) is 11.6 Å². The van der Waals surface area contributed by atoms with E-state index in [0.29, 0.717) is 6.54 Å². The van der Waals surface area contributed by atoms with E-state index in [1.165, 1.54) is 10.9 Å². The van der Waals surface area contributed by atoms with E-state index in [0.717, 1.165) is 28.7 Å². The van der Waals surface area contributed by atoms with Crippen LogP contribution in [0.4, 0.5) is 11.6 Å². The third-order valence-electron chi connectivity index (χ3n) is 3.34. The Hall–Kier alpha value is -1.30. The molecule has 0 saturated heterocycles. The van der Waals surface area contributed by atoms with Crippen molar-refractivity contribution in [3.8, 4) is 0 Å². The van der Waals surface area contributed by atoms with E-state index in [1.807, 2.05) is 68.4 Å². The number of anilines is 2. The number of hydrogen-bond donors (Lipinski definition) is 0. The molecule has 0 atom stereocenters. The molecule has 134 valence electrons. The van der Waals surface area contributed by atoms with E-state index in [-0.39, 0.29) is 0 Å². The average molecular weight is 509 g/mol. The van der Waals surface area contributed by atoms with Crippen molar-refractivity contribution in [3.05, 3.63) is 77.9 Å². The molecular formula is C18H18Br2N4Ni. The fourth-order valence-electron chi connectivity index (χ4n) is 2.32. The van der Waals surface area contributed by atoms with Crippen LogP contribution in [-0.4, -0.2) is 15.0 Å². The second-order valence-electron chi connectivity index (χ2n) is 5.23. The van der Waals surface area contributed by atoms with E-state index in [1.54, 1.807) is 6.20 Å². The van der Waals surface area contributed by atoms with Gasteiger partial charge in [-0.1, -0.05) is 18.2 Å². The van der Waals surface area contributed by atoms with E-state index in [4.69, 9.17) is 0 Å². The molecule has 0 spiro atoms. The van der Waals surface area contributed by atoms with Crippen LogP contribution in [0, 0.1) is 13.8 Å². The van der Waals surface area contributed by atoms with E-state index < -0.39 is 0 Å². The number of pyridine rings is 3. The maximum atomic E-state index is 4.63. The first-order valence-electron chi connectivity index (χ1n) is 7.51. The summed E-state index contributed by atoms with van der Waals surface area (Å²) in [5.41, 5.74) is 2.99. The number of rotatable bonds is 4. The van der Waals surface area contributed by atoms with Crippen molar-refractivity contribution in [2.45, 2.75) is 20.4 Å². The third-order valence-corrected chi connectivity index (χ3v) is 3.34. The molecule has 0 N–H and O–H groups in total. The minimum absolute atomic E-state index is 0.634. The summed E-state index contributed by atoms with van der Waals surface area (Å²) in [4.78, 5) is 15.8. The zero-order valence-electron chi connectivity index (χ0n) is 13.8. The van der Waals surface area contributed by atoms with Crippen molar-refractivity contribution in [3.63, 3.8) is 0 Å². The van der Waals surface area contributed by atoms with Crippen LogP contribution >= 0.6 is 28.5 Å². The molecule has 3 heterocycles. The first-order valence-corrected chi connectivity index (χ1v) is 12.4. The van der Waals surface area contributed by atoms with Gasteiger partial charge in [0.15, 0.2) is 0 Å². The summed E-state index contributed by atoms with van der Waals surface area (Å²) < 4.78 is 0. The predicted molar refractivity (Wildman–Crippen MR) is 106 cm³/mol. The van der Waals surface area contributed by atoms with Crippen LogP contribution in [0.1, 0.15) is 17.1 Å². The van der Waals surface area contributed by atoms with Gasteiger partial charge in [-0.3, -0.25) is 4.98 Å². The van der Waals surface area contributed by atoms with Gasteiger partial charge in [-0.25, -0.2) is 9.97 Å². The molecule has 7 heteroatoms. The van der Waals surface area contributed by atoms with Gasteiger partial charge in [-0.15, -0.1) is 0 Å². The van der Waals surface area contributed by atoms with Crippen molar-refractivity contribution in [2.75, 3.05) is 4.90 Å². The maximum absolute atomic E-state index is 4.63. The van der Waals surface area contributed by atoms with Gasteiger partial charge in [-0.05, 0) is 50.2 Å². The van der Waals surface area contributed by atoms with Crippen LogP contribution in [-0.2, 0) is 17.4 Å². The molecule has 3 aromatic rings. The molecule has 0 radical (unpaired) electrons.